The van der Waals surface area contributed by atoms with Gasteiger partial charge in [-0.05, 0) is 73.3 Å². The van der Waals surface area contributed by atoms with Gasteiger partial charge in [0, 0.05) is 12.8 Å². The first-order valence-corrected chi connectivity index (χ1v) is 7.36. The Balaban J connectivity index is 0.000000178. The minimum atomic E-state index is 0.685. The quantitative estimate of drug-likeness (QED) is 0.561. The van der Waals surface area contributed by atoms with Gasteiger partial charge in [-0.2, -0.15) is 0 Å². The molecule has 0 heterocycles. The van der Waals surface area contributed by atoms with Crippen molar-refractivity contribution < 1.29 is 0 Å². The van der Waals surface area contributed by atoms with E-state index >= 15 is 0 Å². The topological polar surface area (TPSA) is 12.4 Å². The van der Waals surface area contributed by atoms with Crippen LogP contribution in [-0.4, -0.2) is 12.8 Å². The van der Waals surface area contributed by atoms with Gasteiger partial charge in [0.25, 0.3) is 0 Å². The van der Waals surface area contributed by atoms with Gasteiger partial charge >= 0.3 is 0 Å². The van der Waals surface area contributed by atoms with Crippen molar-refractivity contribution in [2.24, 2.45) is 10.9 Å². The van der Waals surface area contributed by atoms with Crippen LogP contribution in [0, 0.1) is 18.3 Å². The summed E-state index contributed by atoms with van der Waals surface area (Å²) in [6, 6.07) is 6.74. The predicted octanol–water partition coefficient (Wildman–Crippen LogP) is 4.20. The second-order valence-corrected chi connectivity index (χ2v) is 5.59. The van der Waals surface area contributed by atoms with E-state index in [4.69, 9.17) is 6.42 Å². The van der Waals surface area contributed by atoms with Gasteiger partial charge in [-0.25, -0.2) is 0 Å². The van der Waals surface area contributed by atoms with Gasteiger partial charge in [0.15, 0.2) is 0 Å². The first-order chi connectivity index (χ1) is 9.65. The van der Waals surface area contributed by atoms with Crippen molar-refractivity contribution in [3.05, 3.63) is 47.0 Å². The fraction of sp³-hybridized carbons (Fsp3) is 0.421. The Hall–Kier alpha value is -1.81. The number of benzene rings is 1. The predicted molar refractivity (Wildman–Crippen MR) is 87.3 cm³/mol. The van der Waals surface area contributed by atoms with Gasteiger partial charge in [-0.3, -0.25) is 4.99 Å². The monoisotopic (exact) mass is 265 g/mol. The molecule has 0 N–H and O–H groups in total. The molecule has 1 aromatic rings. The van der Waals surface area contributed by atoms with Gasteiger partial charge in [-0.1, -0.05) is 24.6 Å². The largest absolute Gasteiger partial charge is 0.293 e. The molecule has 2 aliphatic rings. The molecule has 0 bridgehead atoms. The zero-order valence-corrected chi connectivity index (χ0v) is 12.6. The number of allylic oxidation sites excluding steroid dienone is 1. The lowest BCUT2D eigenvalue weighted by molar-refractivity contribution is 0.912. The van der Waals surface area contributed by atoms with Crippen LogP contribution in [-0.2, 0) is 12.8 Å². The molecule has 0 unspecified atom stereocenters. The highest BCUT2D eigenvalue weighted by molar-refractivity contribution is 5.98. The highest BCUT2D eigenvalue weighted by Gasteiger charge is 2.22. The summed E-state index contributed by atoms with van der Waals surface area (Å²) in [5, 5.41) is 0. The molecule has 0 atom stereocenters. The molecule has 1 fully saturated rings. The van der Waals surface area contributed by atoms with Crippen LogP contribution in [0.1, 0.15) is 42.9 Å². The number of nitrogens with zero attached hydrogens (tertiary/aromatic N) is 1. The van der Waals surface area contributed by atoms with E-state index in [1.54, 1.807) is 0 Å². The second-order valence-electron chi connectivity index (χ2n) is 5.59. The molecule has 0 aromatic heterocycles. The third kappa shape index (κ3) is 3.61. The van der Waals surface area contributed by atoms with E-state index in [9.17, 15) is 0 Å². The van der Waals surface area contributed by atoms with Crippen LogP contribution < -0.4 is 0 Å². The standard InChI is InChI=1S/C12H15N.C7H8/c1-9(13-2)11-7-6-10-4-3-5-12(10)8-11;1-3-6(2)7-4-5-7/h6-8H,3-5H2,1-2H3;1,7H,2,4-5H2. The Bertz CT molecular complexity index is 568. The van der Waals surface area contributed by atoms with Gasteiger partial charge in [0.05, 0.1) is 0 Å². The normalized spacial score (nSPS) is 16.8. The van der Waals surface area contributed by atoms with E-state index in [1.807, 2.05) is 7.05 Å². The third-order valence-electron chi connectivity index (χ3n) is 4.11. The zero-order chi connectivity index (χ0) is 14.5. The van der Waals surface area contributed by atoms with Gasteiger partial charge in [0.1, 0.15) is 0 Å². The Kier molecular flexibility index (Phi) is 4.79. The Morgan fingerprint density at radius 2 is 2.00 bits per heavy atom. The van der Waals surface area contributed by atoms with E-state index in [2.05, 4.69) is 42.6 Å². The summed E-state index contributed by atoms with van der Waals surface area (Å²) in [7, 11) is 1.85. The summed E-state index contributed by atoms with van der Waals surface area (Å²) in [6.07, 6.45) is 11.4. The molecule has 0 amide bonds. The van der Waals surface area contributed by atoms with Crippen LogP contribution in [0.2, 0.25) is 0 Å². The molecule has 0 aliphatic heterocycles. The second kappa shape index (κ2) is 6.57. The van der Waals surface area contributed by atoms with Crippen LogP contribution in [0.15, 0.2) is 35.3 Å². The average Bonchev–Trinajstić information content (AvgIpc) is 3.23. The maximum absolute atomic E-state index is 5.06. The fourth-order valence-electron chi connectivity index (χ4n) is 2.48. The maximum Gasteiger partial charge on any atom is 0.0386 e. The van der Waals surface area contributed by atoms with Crippen molar-refractivity contribution in [2.75, 3.05) is 7.05 Å². The summed E-state index contributed by atoms with van der Waals surface area (Å²) in [5.41, 5.74) is 6.46. The fourth-order valence-corrected chi connectivity index (χ4v) is 2.48. The minimum Gasteiger partial charge on any atom is -0.293 e. The number of terminal acetylenes is 1. The molecular weight excluding hydrogens is 242 g/mol. The van der Waals surface area contributed by atoms with E-state index in [1.165, 1.54) is 48.8 Å². The van der Waals surface area contributed by atoms with Crippen LogP contribution in [0.4, 0.5) is 0 Å². The molecule has 1 nitrogen and oxygen atoms in total. The lowest BCUT2D eigenvalue weighted by Crippen LogP contribution is -1.95. The number of hydrogen-bond donors (Lipinski definition) is 0. The SMILES string of the molecule is C#CC(=C)C1CC1.CN=C(C)c1ccc2c(c1)CCC2. The molecule has 1 heteroatoms. The van der Waals surface area contributed by atoms with Crippen molar-refractivity contribution >= 4 is 5.71 Å². The lowest BCUT2D eigenvalue weighted by Gasteiger charge is -2.03. The Morgan fingerprint density at radius 1 is 1.30 bits per heavy atom. The van der Waals surface area contributed by atoms with E-state index in [-0.39, 0.29) is 0 Å². The highest BCUT2D eigenvalue weighted by Crippen LogP contribution is 2.34. The summed E-state index contributed by atoms with van der Waals surface area (Å²) >= 11 is 0. The first kappa shape index (κ1) is 14.6. The van der Waals surface area contributed by atoms with Crippen molar-refractivity contribution in [3.63, 3.8) is 0 Å². The Morgan fingerprint density at radius 3 is 2.55 bits per heavy atom. The zero-order valence-electron chi connectivity index (χ0n) is 12.6. The van der Waals surface area contributed by atoms with Crippen molar-refractivity contribution in [1.29, 1.82) is 0 Å². The molecule has 104 valence electrons. The summed E-state index contributed by atoms with van der Waals surface area (Å²) in [4.78, 5) is 4.20. The summed E-state index contributed by atoms with van der Waals surface area (Å²) in [5.74, 6) is 3.22. The van der Waals surface area contributed by atoms with Crippen LogP contribution >= 0.6 is 0 Å². The van der Waals surface area contributed by atoms with Crippen LogP contribution in [0.5, 0.6) is 0 Å². The Labute approximate surface area is 122 Å². The highest BCUT2D eigenvalue weighted by atomic mass is 14.7. The number of aryl methyl sites for hydroxylation is 2. The summed E-state index contributed by atoms with van der Waals surface area (Å²) < 4.78 is 0. The molecule has 0 radical (unpaired) electrons. The minimum absolute atomic E-state index is 0.685. The van der Waals surface area contributed by atoms with Crippen LogP contribution in [0.25, 0.3) is 0 Å². The molecule has 1 aromatic carbocycles. The van der Waals surface area contributed by atoms with Crippen molar-refractivity contribution in [1.82, 2.24) is 0 Å². The lowest BCUT2D eigenvalue weighted by atomic mass is 10.0. The third-order valence-corrected chi connectivity index (χ3v) is 4.11. The van der Waals surface area contributed by atoms with E-state index in [0.29, 0.717) is 5.92 Å². The molecule has 3 rings (SSSR count). The molecule has 2 aliphatic carbocycles. The van der Waals surface area contributed by atoms with Gasteiger partial charge < -0.3 is 0 Å². The van der Waals surface area contributed by atoms with E-state index < -0.39 is 0 Å². The smallest absolute Gasteiger partial charge is 0.0386 e. The van der Waals surface area contributed by atoms with Crippen molar-refractivity contribution in [3.8, 4) is 12.3 Å². The van der Waals surface area contributed by atoms with Crippen LogP contribution in [0.3, 0.4) is 0 Å². The van der Waals surface area contributed by atoms with E-state index in [0.717, 1.165) is 11.3 Å². The molecule has 0 saturated heterocycles. The maximum atomic E-state index is 5.06. The first-order valence-electron chi connectivity index (χ1n) is 7.36. The van der Waals surface area contributed by atoms with Gasteiger partial charge in [-0.15, -0.1) is 6.42 Å². The van der Waals surface area contributed by atoms with Gasteiger partial charge in [0.2, 0.25) is 0 Å². The van der Waals surface area contributed by atoms with Crippen molar-refractivity contribution in [2.45, 2.75) is 39.0 Å². The number of rotatable bonds is 2. The number of fused-ring (bicyclic) bond motifs is 1. The molecule has 0 spiro atoms. The molecular formula is C19H23N. The molecule has 20 heavy (non-hydrogen) atoms. The molecule has 1 saturated carbocycles. The average molecular weight is 265 g/mol. The summed E-state index contributed by atoms with van der Waals surface area (Å²) in [6.45, 7) is 5.77. The number of hydrogen-bond acceptors (Lipinski definition) is 1. The number of aliphatic imine (C=N–C) groups is 1.